The zero-order valence-electron chi connectivity index (χ0n) is 8.52. The van der Waals surface area contributed by atoms with Crippen molar-refractivity contribution in [3.05, 3.63) is 35.1 Å². The summed E-state index contributed by atoms with van der Waals surface area (Å²) < 4.78 is 39.0. The molecule has 0 aliphatic heterocycles. The molecule has 1 saturated carbocycles. The van der Waals surface area contributed by atoms with Gasteiger partial charge in [-0.3, -0.25) is 0 Å². The molecule has 4 heteroatoms. The highest BCUT2D eigenvalue weighted by atomic mass is 19.2. The van der Waals surface area contributed by atoms with Crippen LogP contribution in [-0.2, 0) is 0 Å². The van der Waals surface area contributed by atoms with Gasteiger partial charge in [0.15, 0.2) is 11.6 Å². The van der Waals surface area contributed by atoms with E-state index in [0.29, 0.717) is 6.07 Å². The first-order valence-corrected chi connectivity index (χ1v) is 4.75. The molecule has 2 N–H and O–H groups in total. The van der Waals surface area contributed by atoms with Gasteiger partial charge in [-0.25, -0.2) is 13.2 Å². The summed E-state index contributed by atoms with van der Waals surface area (Å²) in [6.45, 7) is 3.76. The smallest absolute Gasteiger partial charge is 0.161 e. The fourth-order valence-corrected chi connectivity index (χ4v) is 2.05. The Labute approximate surface area is 86.1 Å². The average molecular weight is 215 g/mol. The summed E-state index contributed by atoms with van der Waals surface area (Å²) in [7, 11) is 0. The lowest BCUT2D eigenvalue weighted by molar-refractivity contribution is 0.486. The Morgan fingerprint density at radius 3 is 2.00 bits per heavy atom. The second-order valence-electron chi connectivity index (χ2n) is 4.61. The molecule has 15 heavy (non-hydrogen) atoms. The molecule has 0 saturated heterocycles. The van der Waals surface area contributed by atoms with Gasteiger partial charge in [-0.1, -0.05) is 13.8 Å². The third-order valence-corrected chi connectivity index (χ3v) is 3.29. The summed E-state index contributed by atoms with van der Waals surface area (Å²) in [6.07, 6.45) is 0. The molecule has 1 aliphatic rings. The number of hydrogen-bond donors (Lipinski definition) is 1. The highest BCUT2D eigenvalue weighted by Crippen LogP contribution is 2.57. The Morgan fingerprint density at radius 1 is 1.07 bits per heavy atom. The van der Waals surface area contributed by atoms with Gasteiger partial charge in [-0.2, -0.15) is 0 Å². The standard InChI is InChI=1S/C11H12F3N/c1-11(2)9(10(11)15)5-3-7(13)8(14)4-6(5)12/h3-4,9-10H,15H2,1-2H3/t9-,10-/m0/s1. The van der Waals surface area contributed by atoms with Gasteiger partial charge < -0.3 is 5.73 Å². The van der Waals surface area contributed by atoms with E-state index < -0.39 is 17.5 Å². The van der Waals surface area contributed by atoms with E-state index in [0.717, 1.165) is 6.07 Å². The Balaban J connectivity index is 2.43. The van der Waals surface area contributed by atoms with Crippen LogP contribution in [0.4, 0.5) is 13.2 Å². The lowest BCUT2D eigenvalue weighted by atomic mass is 10.0. The molecule has 0 heterocycles. The summed E-state index contributed by atoms with van der Waals surface area (Å²) >= 11 is 0. The molecule has 0 bridgehead atoms. The number of rotatable bonds is 1. The topological polar surface area (TPSA) is 26.0 Å². The Bertz CT molecular complexity index is 415. The predicted octanol–water partition coefficient (Wildman–Crippen LogP) is 2.55. The van der Waals surface area contributed by atoms with Crippen molar-refractivity contribution in [1.82, 2.24) is 0 Å². The fourth-order valence-electron chi connectivity index (χ4n) is 2.05. The van der Waals surface area contributed by atoms with E-state index in [1.165, 1.54) is 0 Å². The maximum absolute atomic E-state index is 13.4. The first-order valence-electron chi connectivity index (χ1n) is 4.75. The highest BCUT2D eigenvalue weighted by molar-refractivity contribution is 5.35. The summed E-state index contributed by atoms with van der Waals surface area (Å²) in [5, 5.41) is 0. The van der Waals surface area contributed by atoms with Crippen LogP contribution in [-0.4, -0.2) is 6.04 Å². The van der Waals surface area contributed by atoms with Crippen LogP contribution in [0.3, 0.4) is 0 Å². The van der Waals surface area contributed by atoms with E-state index in [2.05, 4.69) is 0 Å². The minimum absolute atomic E-state index is 0.173. The minimum atomic E-state index is -1.16. The summed E-state index contributed by atoms with van der Waals surface area (Å²) in [6, 6.07) is 1.28. The lowest BCUT2D eigenvalue weighted by Gasteiger charge is -2.05. The van der Waals surface area contributed by atoms with E-state index in [9.17, 15) is 13.2 Å². The second-order valence-corrected chi connectivity index (χ2v) is 4.61. The van der Waals surface area contributed by atoms with Crippen molar-refractivity contribution in [3.8, 4) is 0 Å². The van der Waals surface area contributed by atoms with E-state index in [4.69, 9.17) is 5.73 Å². The molecule has 1 aliphatic carbocycles. The van der Waals surface area contributed by atoms with Crippen LogP contribution < -0.4 is 5.73 Å². The molecule has 2 atom stereocenters. The van der Waals surface area contributed by atoms with Crippen LogP contribution in [0.1, 0.15) is 25.3 Å². The molecule has 0 amide bonds. The minimum Gasteiger partial charge on any atom is -0.327 e. The second kappa shape index (κ2) is 2.98. The molecule has 2 rings (SSSR count). The number of halogens is 3. The van der Waals surface area contributed by atoms with Crippen molar-refractivity contribution >= 4 is 0 Å². The Kier molecular flexibility index (Phi) is 2.08. The van der Waals surface area contributed by atoms with Crippen LogP contribution in [0.5, 0.6) is 0 Å². The van der Waals surface area contributed by atoms with Crippen molar-refractivity contribution in [2.45, 2.75) is 25.8 Å². The monoisotopic (exact) mass is 215 g/mol. The van der Waals surface area contributed by atoms with Gasteiger partial charge in [-0.15, -0.1) is 0 Å². The van der Waals surface area contributed by atoms with Gasteiger partial charge in [0.25, 0.3) is 0 Å². The average Bonchev–Trinajstić information content (AvgIpc) is 2.60. The van der Waals surface area contributed by atoms with Crippen LogP contribution in [0.25, 0.3) is 0 Å². The maximum atomic E-state index is 13.4. The van der Waals surface area contributed by atoms with Crippen molar-refractivity contribution in [3.63, 3.8) is 0 Å². The summed E-state index contributed by atoms with van der Waals surface area (Å²) in [5.41, 5.74) is 5.68. The third kappa shape index (κ3) is 1.44. The van der Waals surface area contributed by atoms with Gasteiger partial charge in [0.1, 0.15) is 5.82 Å². The molecule has 0 unspecified atom stereocenters. The number of hydrogen-bond acceptors (Lipinski definition) is 1. The van der Waals surface area contributed by atoms with E-state index in [1.54, 1.807) is 0 Å². The quantitative estimate of drug-likeness (QED) is 0.716. The van der Waals surface area contributed by atoms with Crippen molar-refractivity contribution in [1.29, 1.82) is 0 Å². The Morgan fingerprint density at radius 2 is 1.53 bits per heavy atom. The summed E-state index contributed by atoms with van der Waals surface area (Å²) in [4.78, 5) is 0. The number of benzene rings is 1. The predicted molar refractivity (Wildman–Crippen MR) is 50.8 cm³/mol. The van der Waals surface area contributed by atoms with Gasteiger partial charge in [0, 0.05) is 18.0 Å². The molecule has 1 fully saturated rings. The summed E-state index contributed by atoms with van der Waals surface area (Å²) in [5.74, 6) is -3.14. The molecular weight excluding hydrogens is 203 g/mol. The zero-order chi connectivity index (χ0) is 11.4. The van der Waals surface area contributed by atoms with Crippen molar-refractivity contribution < 1.29 is 13.2 Å². The molecule has 1 aromatic rings. The van der Waals surface area contributed by atoms with Gasteiger partial charge in [0.2, 0.25) is 0 Å². The van der Waals surface area contributed by atoms with Crippen molar-refractivity contribution in [2.24, 2.45) is 11.1 Å². The third-order valence-electron chi connectivity index (χ3n) is 3.29. The Hall–Kier alpha value is -1.03. The van der Waals surface area contributed by atoms with Crippen LogP contribution in [0, 0.1) is 22.9 Å². The molecular formula is C11H12F3N. The van der Waals surface area contributed by atoms with E-state index >= 15 is 0 Å². The van der Waals surface area contributed by atoms with Crippen LogP contribution >= 0.6 is 0 Å². The molecule has 1 aromatic carbocycles. The molecule has 0 aromatic heterocycles. The van der Waals surface area contributed by atoms with Gasteiger partial charge in [-0.05, 0) is 17.0 Å². The first kappa shape index (κ1) is 10.5. The first-order chi connectivity index (χ1) is 6.85. The lowest BCUT2D eigenvalue weighted by Crippen LogP contribution is -2.06. The highest BCUT2D eigenvalue weighted by Gasteiger charge is 2.57. The molecule has 82 valence electrons. The molecule has 0 radical (unpaired) electrons. The largest absolute Gasteiger partial charge is 0.327 e. The van der Waals surface area contributed by atoms with Crippen LogP contribution in [0.15, 0.2) is 12.1 Å². The zero-order valence-corrected chi connectivity index (χ0v) is 8.52. The molecule has 1 nitrogen and oxygen atoms in total. The molecule has 0 spiro atoms. The maximum Gasteiger partial charge on any atom is 0.161 e. The fraction of sp³-hybridized carbons (Fsp3) is 0.455. The number of nitrogens with two attached hydrogens (primary N) is 1. The van der Waals surface area contributed by atoms with E-state index in [1.807, 2.05) is 13.8 Å². The SMILES string of the molecule is CC1(C)[C@@H](N)[C@@H]1c1cc(F)c(F)cc1F. The van der Waals surface area contributed by atoms with Gasteiger partial charge in [0.05, 0.1) is 0 Å². The van der Waals surface area contributed by atoms with E-state index in [-0.39, 0.29) is 22.9 Å². The van der Waals surface area contributed by atoms with Gasteiger partial charge >= 0.3 is 0 Å². The normalized spacial score (nSPS) is 27.9. The van der Waals surface area contributed by atoms with Crippen LogP contribution in [0.2, 0.25) is 0 Å². The van der Waals surface area contributed by atoms with Crippen molar-refractivity contribution in [2.75, 3.05) is 0 Å².